The van der Waals surface area contributed by atoms with E-state index in [1.165, 1.54) is 4.90 Å². The summed E-state index contributed by atoms with van der Waals surface area (Å²) in [6, 6.07) is 2.17. The van der Waals surface area contributed by atoms with Crippen LogP contribution < -0.4 is 4.90 Å². The molecule has 2 rings (SSSR count). The first-order valence-corrected chi connectivity index (χ1v) is 8.59. The maximum Gasteiger partial charge on any atom is 0.299 e. The van der Waals surface area contributed by atoms with E-state index in [9.17, 15) is 22.4 Å². The second kappa shape index (κ2) is 5.25. The lowest BCUT2D eigenvalue weighted by Gasteiger charge is -2.17. The molecule has 0 unspecified atom stereocenters. The second-order valence-corrected chi connectivity index (χ2v) is 7.67. The number of carbonyl (C=O) groups is 2. The van der Waals surface area contributed by atoms with E-state index < -0.39 is 27.3 Å². The summed E-state index contributed by atoms with van der Waals surface area (Å²) in [6.45, 7) is 0.0921. The van der Waals surface area contributed by atoms with E-state index in [1.807, 2.05) is 0 Å². The Bertz CT molecular complexity index is 702. The predicted octanol–water partition coefficient (Wildman–Crippen LogP) is 1.55. The Labute approximate surface area is 123 Å². The van der Waals surface area contributed by atoms with Crippen LogP contribution >= 0.6 is 15.9 Å². The van der Waals surface area contributed by atoms with Crippen LogP contribution in [0.3, 0.4) is 0 Å². The number of hydrogen-bond donors (Lipinski definition) is 0. The minimum absolute atomic E-state index is 0.00114. The maximum atomic E-state index is 13.3. The molecular weight excluding hydrogens is 353 g/mol. The fourth-order valence-electron chi connectivity index (χ4n) is 2.05. The molecule has 0 atom stereocenters. The van der Waals surface area contributed by atoms with Crippen LogP contribution in [0.1, 0.15) is 16.8 Å². The molecule has 1 aromatic rings. The molecule has 0 aliphatic carbocycles. The zero-order valence-corrected chi connectivity index (χ0v) is 12.9. The number of rotatable bonds is 4. The smallest absolute Gasteiger partial charge is 0.299 e. The van der Waals surface area contributed by atoms with Gasteiger partial charge in [0.15, 0.2) is 0 Å². The number of hydrogen-bond acceptors (Lipinski definition) is 4. The molecule has 1 aliphatic heterocycles. The summed E-state index contributed by atoms with van der Waals surface area (Å²) in [7, 11) is -3.14. The van der Waals surface area contributed by atoms with Crippen molar-refractivity contribution in [2.24, 2.45) is 0 Å². The molecule has 0 aromatic heterocycles. The molecule has 1 aliphatic rings. The van der Waals surface area contributed by atoms with Crippen molar-refractivity contribution in [2.75, 3.05) is 23.5 Å². The molecule has 108 valence electrons. The summed E-state index contributed by atoms with van der Waals surface area (Å²) < 4.78 is 35.7. The van der Waals surface area contributed by atoms with Gasteiger partial charge in [-0.3, -0.25) is 9.59 Å². The molecule has 0 radical (unpaired) electrons. The van der Waals surface area contributed by atoms with Crippen molar-refractivity contribution in [2.45, 2.75) is 6.42 Å². The highest BCUT2D eigenvalue weighted by molar-refractivity contribution is 9.10. The highest BCUT2D eigenvalue weighted by Gasteiger charge is 2.37. The highest BCUT2D eigenvalue weighted by atomic mass is 79.9. The molecule has 0 saturated heterocycles. The molecule has 0 bridgehead atoms. The number of benzene rings is 1. The van der Waals surface area contributed by atoms with Crippen LogP contribution in [0, 0.1) is 5.82 Å². The topological polar surface area (TPSA) is 71.5 Å². The lowest BCUT2D eigenvalue weighted by atomic mass is 10.1. The van der Waals surface area contributed by atoms with Gasteiger partial charge in [-0.2, -0.15) is 0 Å². The molecule has 1 heterocycles. The normalized spacial score (nSPS) is 14.8. The number of carbonyl (C=O) groups excluding carboxylic acids is 2. The Hall–Kier alpha value is -1.28. The summed E-state index contributed by atoms with van der Waals surface area (Å²) >= 11 is 3.12. The van der Waals surface area contributed by atoms with E-state index in [4.69, 9.17) is 0 Å². The van der Waals surface area contributed by atoms with Gasteiger partial charge in [0.25, 0.3) is 11.7 Å². The van der Waals surface area contributed by atoms with Crippen molar-refractivity contribution in [1.29, 1.82) is 0 Å². The fourth-order valence-corrected chi connectivity index (χ4v) is 3.35. The molecular formula is C12H11BrFNO4S. The summed E-state index contributed by atoms with van der Waals surface area (Å²) in [4.78, 5) is 24.8. The van der Waals surface area contributed by atoms with Gasteiger partial charge in [-0.25, -0.2) is 12.8 Å². The van der Waals surface area contributed by atoms with Crippen LogP contribution in [0.5, 0.6) is 0 Å². The van der Waals surface area contributed by atoms with Gasteiger partial charge in [0, 0.05) is 17.3 Å². The molecule has 5 nitrogen and oxygen atoms in total. The van der Waals surface area contributed by atoms with Crippen LogP contribution in [0.2, 0.25) is 0 Å². The number of sulfone groups is 1. The zero-order chi connectivity index (χ0) is 15.1. The number of ketones is 1. The monoisotopic (exact) mass is 363 g/mol. The summed E-state index contributed by atoms with van der Waals surface area (Å²) in [5, 5.41) is 0. The number of fused-ring (bicyclic) bond motifs is 1. The van der Waals surface area contributed by atoms with Crippen molar-refractivity contribution in [3.05, 3.63) is 28.0 Å². The van der Waals surface area contributed by atoms with Gasteiger partial charge in [0.05, 0.1) is 17.0 Å². The Morgan fingerprint density at radius 3 is 2.55 bits per heavy atom. The molecule has 0 N–H and O–H groups in total. The third kappa shape index (κ3) is 2.90. The Morgan fingerprint density at radius 1 is 1.30 bits per heavy atom. The van der Waals surface area contributed by atoms with Crippen LogP contribution in [-0.4, -0.2) is 38.7 Å². The first-order chi connectivity index (χ1) is 9.20. The Balaban J connectivity index is 2.29. The van der Waals surface area contributed by atoms with Gasteiger partial charge in [0.2, 0.25) is 0 Å². The summed E-state index contributed by atoms with van der Waals surface area (Å²) in [6.07, 6.45) is 1.31. The number of nitrogens with zero attached hydrogens (tertiary/aromatic N) is 1. The molecule has 8 heteroatoms. The SMILES string of the molecule is CS(=O)(=O)CCCN1C(=O)C(=O)c2cc(F)cc(Br)c21. The lowest BCUT2D eigenvalue weighted by Crippen LogP contribution is -2.31. The fraction of sp³-hybridized carbons (Fsp3) is 0.333. The van der Waals surface area contributed by atoms with Gasteiger partial charge in [-0.05, 0) is 34.5 Å². The van der Waals surface area contributed by atoms with E-state index in [0.717, 1.165) is 18.4 Å². The van der Waals surface area contributed by atoms with Crippen molar-refractivity contribution < 1.29 is 22.4 Å². The van der Waals surface area contributed by atoms with E-state index in [1.54, 1.807) is 0 Å². The van der Waals surface area contributed by atoms with Gasteiger partial charge in [0.1, 0.15) is 15.7 Å². The molecule has 1 aromatic carbocycles. The van der Waals surface area contributed by atoms with E-state index in [2.05, 4.69) is 15.9 Å². The zero-order valence-electron chi connectivity index (χ0n) is 10.5. The third-order valence-electron chi connectivity index (χ3n) is 2.88. The molecule has 0 saturated carbocycles. The largest absolute Gasteiger partial charge is 0.304 e. The lowest BCUT2D eigenvalue weighted by molar-refractivity contribution is -0.114. The first-order valence-electron chi connectivity index (χ1n) is 5.73. The van der Waals surface area contributed by atoms with Crippen molar-refractivity contribution in [3.8, 4) is 0 Å². The number of anilines is 1. The summed E-state index contributed by atoms with van der Waals surface area (Å²) in [5.41, 5.74) is 0.302. The average Bonchev–Trinajstić information content (AvgIpc) is 2.53. The number of halogens is 2. The maximum absolute atomic E-state index is 13.3. The quantitative estimate of drug-likeness (QED) is 0.761. The predicted molar refractivity (Wildman–Crippen MR) is 75.1 cm³/mol. The van der Waals surface area contributed by atoms with Gasteiger partial charge >= 0.3 is 0 Å². The van der Waals surface area contributed by atoms with Crippen molar-refractivity contribution in [1.82, 2.24) is 0 Å². The molecule has 0 spiro atoms. The average molecular weight is 364 g/mol. The van der Waals surface area contributed by atoms with Crippen molar-refractivity contribution >= 4 is 43.1 Å². The van der Waals surface area contributed by atoms with Gasteiger partial charge < -0.3 is 4.90 Å². The van der Waals surface area contributed by atoms with Gasteiger partial charge in [-0.15, -0.1) is 0 Å². The van der Waals surface area contributed by atoms with Crippen LogP contribution in [0.4, 0.5) is 10.1 Å². The van der Waals surface area contributed by atoms with E-state index in [-0.39, 0.29) is 24.3 Å². The number of amides is 1. The standard InChI is InChI=1S/C12H11BrFNO4S/c1-20(18,19)4-2-3-15-10-8(11(16)12(15)17)5-7(14)6-9(10)13/h5-6H,2-4H2,1H3. The Kier molecular flexibility index (Phi) is 3.97. The first kappa shape index (κ1) is 15.1. The van der Waals surface area contributed by atoms with Gasteiger partial charge in [-0.1, -0.05) is 0 Å². The molecule has 1 amide bonds. The third-order valence-corrected chi connectivity index (χ3v) is 4.51. The second-order valence-electron chi connectivity index (χ2n) is 4.55. The minimum atomic E-state index is -3.14. The van der Waals surface area contributed by atoms with E-state index >= 15 is 0 Å². The van der Waals surface area contributed by atoms with Crippen LogP contribution in [0.25, 0.3) is 0 Å². The summed E-state index contributed by atoms with van der Waals surface area (Å²) in [5.74, 6) is -2.24. The van der Waals surface area contributed by atoms with Crippen LogP contribution in [0.15, 0.2) is 16.6 Å². The Morgan fingerprint density at radius 2 is 1.95 bits per heavy atom. The molecule has 0 fully saturated rings. The van der Waals surface area contributed by atoms with E-state index in [0.29, 0.717) is 10.2 Å². The van der Waals surface area contributed by atoms with Crippen molar-refractivity contribution in [3.63, 3.8) is 0 Å². The highest BCUT2D eigenvalue weighted by Crippen LogP contribution is 2.36. The van der Waals surface area contributed by atoms with Crippen LogP contribution in [-0.2, 0) is 14.6 Å². The number of Topliss-reactive ketones (excluding diaryl/α,β-unsaturated/α-hetero) is 1. The minimum Gasteiger partial charge on any atom is -0.304 e. The molecule has 20 heavy (non-hydrogen) atoms.